The third-order valence-electron chi connectivity index (χ3n) is 4.36. The minimum atomic E-state index is 0.403. The van der Waals surface area contributed by atoms with Gasteiger partial charge in [-0.2, -0.15) is 0 Å². The van der Waals surface area contributed by atoms with Gasteiger partial charge in [-0.3, -0.25) is 4.90 Å². The van der Waals surface area contributed by atoms with Crippen LogP contribution in [0, 0.1) is 0 Å². The molecule has 1 aromatic carbocycles. The van der Waals surface area contributed by atoms with Gasteiger partial charge >= 0.3 is 0 Å². The van der Waals surface area contributed by atoms with Crippen molar-refractivity contribution in [2.45, 2.75) is 24.9 Å². The van der Waals surface area contributed by atoms with Gasteiger partial charge in [0.2, 0.25) is 0 Å². The fraction of sp³-hybridized carbons (Fsp3) is 0.647. The second kappa shape index (κ2) is 8.49. The second-order valence-electron chi connectivity index (χ2n) is 5.61. The molecule has 0 fully saturated rings. The first kappa shape index (κ1) is 16.4. The van der Waals surface area contributed by atoms with Crippen molar-refractivity contribution >= 4 is 0 Å². The molecule has 1 aromatic rings. The summed E-state index contributed by atoms with van der Waals surface area (Å²) in [6.45, 7) is 3.61. The Balaban J connectivity index is 2.08. The lowest BCUT2D eigenvalue weighted by molar-refractivity contribution is 0.0961. The molecule has 0 radical (unpaired) electrons. The summed E-state index contributed by atoms with van der Waals surface area (Å²) in [5.74, 6) is 0. The number of methoxy groups -OCH3 is 2. The Kier molecular flexibility index (Phi) is 6.64. The molecule has 118 valence electrons. The minimum absolute atomic E-state index is 0.403. The van der Waals surface area contributed by atoms with Crippen LogP contribution in [0.1, 0.15) is 23.6 Å². The molecule has 2 rings (SSSR count). The fourth-order valence-electron chi connectivity index (χ4n) is 3.33. The Hall–Kier alpha value is -0.940. The van der Waals surface area contributed by atoms with Gasteiger partial charge < -0.3 is 14.8 Å². The molecule has 1 aliphatic rings. The second-order valence-corrected chi connectivity index (χ2v) is 5.61. The van der Waals surface area contributed by atoms with Gasteiger partial charge in [-0.15, -0.1) is 0 Å². The third-order valence-corrected chi connectivity index (χ3v) is 4.36. The standard InChI is InChI=1S/C17H28N2O2/c1-18-17-15-8-5-4-7-14(15)13-16(17)19(10-12-21-3)9-6-11-20-2/h4-5,7-8,16-18H,6,9-13H2,1-3H3. The molecule has 0 spiro atoms. The number of nitrogens with one attached hydrogen (secondary N) is 1. The average molecular weight is 292 g/mol. The Morgan fingerprint density at radius 2 is 1.90 bits per heavy atom. The van der Waals surface area contributed by atoms with Crippen LogP contribution >= 0.6 is 0 Å². The van der Waals surface area contributed by atoms with Crippen molar-refractivity contribution in [2.24, 2.45) is 0 Å². The van der Waals surface area contributed by atoms with Crippen molar-refractivity contribution in [3.63, 3.8) is 0 Å². The molecule has 0 saturated carbocycles. The fourth-order valence-corrected chi connectivity index (χ4v) is 3.33. The van der Waals surface area contributed by atoms with Gasteiger partial charge in [-0.1, -0.05) is 24.3 Å². The van der Waals surface area contributed by atoms with Crippen molar-refractivity contribution < 1.29 is 9.47 Å². The average Bonchev–Trinajstić information content (AvgIpc) is 2.89. The summed E-state index contributed by atoms with van der Waals surface area (Å²) in [4.78, 5) is 2.55. The van der Waals surface area contributed by atoms with Gasteiger partial charge in [0.15, 0.2) is 0 Å². The summed E-state index contributed by atoms with van der Waals surface area (Å²) in [7, 11) is 5.59. The first-order chi connectivity index (χ1) is 10.3. The highest BCUT2D eigenvalue weighted by Gasteiger charge is 2.34. The van der Waals surface area contributed by atoms with E-state index in [4.69, 9.17) is 9.47 Å². The van der Waals surface area contributed by atoms with Crippen LogP contribution in [0.3, 0.4) is 0 Å². The van der Waals surface area contributed by atoms with Gasteiger partial charge in [-0.25, -0.2) is 0 Å². The predicted octanol–water partition coefficient (Wildman–Crippen LogP) is 1.86. The number of hydrogen-bond donors (Lipinski definition) is 1. The smallest absolute Gasteiger partial charge is 0.0589 e. The zero-order chi connectivity index (χ0) is 15.1. The molecule has 4 nitrogen and oxygen atoms in total. The maximum absolute atomic E-state index is 5.29. The highest BCUT2D eigenvalue weighted by molar-refractivity contribution is 5.37. The van der Waals surface area contributed by atoms with Gasteiger partial charge in [0.05, 0.1) is 6.61 Å². The Morgan fingerprint density at radius 1 is 1.14 bits per heavy atom. The molecule has 0 saturated heterocycles. The van der Waals surface area contributed by atoms with E-state index in [2.05, 4.69) is 41.5 Å². The van der Waals surface area contributed by atoms with E-state index in [0.29, 0.717) is 12.1 Å². The van der Waals surface area contributed by atoms with E-state index in [1.165, 1.54) is 11.1 Å². The maximum atomic E-state index is 5.29. The summed E-state index contributed by atoms with van der Waals surface area (Å²) in [6, 6.07) is 9.68. The lowest BCUT2D eigenvalue weighted by atomic mass is 10.1. The molecule has 0 amide bonds. The Morgan fingerprint density at radius 3 is 2.62 bits per heavy atom. The molecular weight excluding hydrogens is 264 g/mol. The number of likely N-dealkylation sites (N-methyl/N-ethyl adjacent to an activating group) is 1. The van der Waals surface area contributed by atoms with E-state index in [0.717, 1.165) is 39.1 Å². The summed E-state index contributed by atoms with van der Waals surface area (Å²) in [6.07, 6.45) is 2.17. The van der Waals surface area contributed by atoms with E-state index < -0.39 is 0 Å². The number of ether oxygens (including phenoxy) is 2. The van der Waals surface area contributed by atoms with Crippen molar-refractivity contribution in [2.75, 3.05) is 47.6 Å². The molecule has 0 aliphatic heterocycles. The molecule has 0 aromatic heterocycles. The first-order valence-corrected chi connectivity index (χ1v) is 7.78. The maximum Gasteiger partial charge on any atom is 0.0589 e. The summed E-state index contributed by atoms with van der Waals surface area (Å²) >= 11 is 0. The van der Waals surface area contributed by atoms with E-state index in [-0.39, 0.29) is 0 Å². The van der Waals surface area contributed by atoms with Crippen LogP contribution in [0.5, 0.6) is 0 Å². The molecule has 1 aliphatic carbocycles. The van der Waals surface area contributed by atoms with Crippen LogP contribution in [-0.2, 0) is 15.9 Å². The Bertz CT molecular complexity index is 425. The molecule has 21 heavy (non-hydrogen) atoms. The summed E-state index contributed by atoms with van der Waals surface area (Å²) in [5, 5.41) is 3.50. The molecule has 2 unspecified atom stereocenters. The van der Waals surface area contributed by atoms with Crippen LogP contribution in [0.15, 0.2) is 24.3 Å². The lowest BCUT2D eigenvalue weighted by Gasteiger charge is -2.33. The van der Waals surface area contributed by atoms with Crippen molar-refractivity contribution in [1.29, 1.82) is 0 Å². The number of rotatable bonds is 9. The Labute approximate surface area is 128 Å². The van der Waals surface area contributed by atoms with Crippen molar-refractivity contribution in [1.82, 2.24) is 10.2 Å². The van der Waals surface area contributed by atoms with Crippen LogP contribution in [0.4, 0.5) is 0 Å². The summed E-state index contributed by atoms with van der Waals surface area (Å²) in [5.41, 5.74) is 2.91. The van der Waals surface area contributed by atoms with E-state index in [1.807, 2.05) is 0 Å². The lowest BCUT2D eigenvalue weighted by Crippen LogP contribution is -2.44. The molecule has 1 N–H and O–H groups in total. The SMILES string of the molecule is CNC1c2ccccc2CC1N(CCCOC)CCOC. The largest absolute Gasteiger partial charge is 0.385 e. The van der Waals surface area contributed by atoms with Crippen molar-refractivity contribution in [3.8, 4) is 0 Å². The normalized spacial score (nSPS) is 21.0. The zero-order valence-electron chi connectivity index (χ0n) is 13.5. The quantitative estimate of drug-likeness (QED) is 0.704. The molecule has 0 bridgehead atoms. The zero-order valence-corrected chi connectivity index (χ0v) is 13.5. The number of hydrogen-bond acceptors (Lipinski definition) is 4. The third kappa shape index (κ3) is 4.04. The summed E-state index contributed by atoms with van der Waals surface area (Å²) < 4.78 is 10.5. The molecule has 2 atom stereocenters. The molecule has 4 heteroatoms. The van der Waals surface area contributed by atoms with Crippen molar-refractivity contribution in [3.05, 3.63) is 35.4 Å². The van der Waals surface area contributed by atoms with E-state index in [9.17, 15) is 0 Å². The number of benzene rings is 1. The predicted molar refractivity (Wildman–Crippen MR) is 85.7 cm³/mol. The van der Waals surface area contributed by atoms with Gasteiger partial charge in [0.25, 0.3) is 0 Å². The van der Waals surface area contributed by atoms with Crippen LogP contribution in [-0.4, -0.2) is 58.5 Å². The van der Waals surface area contributed by atoms with Gasteiger partial charge in [0, 0.05) is 46.0 Å². The highest BCUT2D eigenvalue weighted by atomic mass is 16.5. The van der Waals surface area contributed by atoms with Crippen LogP contribution in [0.2, 0.25) is 0 Å². The molecular formula is C17H28N2O2. The highest BCUT2D eigenvalue weighted by Crippen LogP contribution is 2.34. The van der Waals surface area contributed by atoms with Gasteiger partial charge in [-0.05, 0) is 31.0 Å². The minimum Gasteiger partial charge on any atom is -0.385 e. The molecule has 0 heterocycles. The number of nitrogens with zero attached hydrogens (tertiary/aromatic N) is 1. The first-order valence-electron chi connectivity index (χ1n) is 7.78. The monoisotopic (exact) mass is 292 g/mol. The van der Waals surface area contributed by atoms with Gasteiger partial charge in [0.1, 0.15) is 0 Å². The van der Waals surface area contributed by atoms with Crippen LogP contribution in [0.25, 0.3) is 0 Å². The van der Waals surface area contributed by atoms with E-state index in [1.54, 1.807) is 14.2 Å². The number of fused-ring (bicyclic) bond motifs is 1. The van der Waals surface area contributed by atoms with E-state index >= 15 is 0 Å². The van der Waals surface area contributed by atoms with Crippen LogP contribution < -0.4 is 5.32 Å². The topological polar surface area (TPSA) is 33.7 Å².